The summed E-state index contributed by atoms with van der Waals surface area (Å²) < 4.78 is 0. The minimum absolute atomic E-state index is 0.617. The van der Waals surface area contributed by atoms with Crippen LogP contribution < -0.4 is 5.32 Å². The molecule has 1 aromatic heterocycles. The van der Waals surface area contributed by atoms with E-state index in [0.717, 1.165) is 5.92 Å². The van der Waals surface area contributed by atoms with E-state index >= 15 is 0 Å². The maximum Gasteiger partial charge on any atom is 0.00547 e. The molecule has 0 amide bonds. The Labute approximate surface area is 109 Å². The summed E-state index contributed by atoms with van der Waals surface area (Å²) in [5, 5.41) is 3.52. The summed E-state index contributed by atoms with van der Waals surface area (Å²) in [5.74, 6) is 0.996. The SMILES string of the molecule is CCc1ccc(CC2(C3CCCC3)CNC2)s1. The molecule has 3 rings (SSSR count). The Morgan fingerprint density at radius 3 is 2.47 bits per heavy atom. The van der Waals surface area contributed by atoms with E-state index in [0.29, 0.717) is 5.41 Å². The third-order valence-electron chi connectivity index (χ3n) is 4.77. The van der Waals surface area contributed by atoms with Crippen LogP contribution in [0.25, 0.3) is 0 Å². The normalized spacial score (nSPS) is 23.8. The van der Waals surface area contributed by atoms with E-state index in [4.69, 9.17) is 0 Å². The van der Waals surface area contributed by atoms with Crippen molar-refractivity contribution < 1.29 is 0 Å². The molecule has 2 fully saturated rings. The zero-order chi connectivity index (χ0) is 11.7. The van der Waals surface area contributed by atoms with Gasteiger partial charge >= 0.3 is 0 Å². The Balaban J connectivity index is 1.72. The number of rotatable bonds is 4. The maximum absolute atomic E-state index is 3.52. The molecule has 2 aliphatic rings. The summed E-state index contributed by atoms with van der Waals surface area (Å²) in [6, 6.07) is 4.70. The van der Waals surface area contributed by atoms with Gasteiger partial charge in [-0.3, -0.25) is 0 Å². The van der Waals surface area contributed by atoms with Crippen molar-refractivity contribution in [2.24, 2.45) is 11.3 Å². The number of hydrogen-bond acceptors (Lipinski definition) is 2. The van der Waals surface area contributed by atoms with Crippen molar-refractivity contribution in [1.29, 1.82) is 0 Å². The van der Waals surface area contributed by atoms with Crippen LogP contribution in [-0.2, 0) is 12.8 Å². The number of aryl methyl sites for hydroxylation is 1. The first-order valence-corrected chi connectivity index (χ1v) is 7.92. The Morgan fingerprint density at radius 1 is 1.24 bits per heavy atom. The third kappa shape index (κ3) is 2.17. The van der Waals surface area contributed by atoms with Crippen LogP contribution in [0.4, 0.5) is 0 Å². The lowest BCUT2D eigenvalue weighted by atomic mass is 9.67. The first-order valence-electron chi connectivity index (χ1n) is 7.11. The average Bonchev–Trinajstić information content (AvgIpc) is 2.94. The van der Waals surface area contributed by atoms with Gasteiger partial charge < -0.3 is 5.32 Å². The van der Waals surface area contributed by atoms with Gasteiger partial charge in [0.05, 0.1) is 0 Å². The van der Waals surface area contributed by atoms with Crippen LogP contribution >= 0.6 is 11.3 Å². The Bertz CT molecular complexity index is 372. The molecule has 0 atom stereocenters. The van der Waals surface area contributed by atoms with Crippen LogP contribution in [0.3, 0.4) is 0 Å². The lowest BCUT2D eigenvalue weighted by Crippen LogP contribution is -2.58. The van der Waals surface area contributed by atoms with Gasteiger partial charge in [0.15, 0.2) is 0 Å². The van der Waals surface area contributed by atoms with Crippen LogP contribution in [0, 0.1) is 11.3 Å². The largest absolute Gasteiger partial charge is 0.315 e. The third-order valence-corrected chi connectivity index (χ3v) is 6.00. The molecule has 1 saturated heterocycles. The molecule has 2 heterocycles. The van der Waals surface area contributed by atoms with Crippen LogP contribution in [0.2, 0.25) is 0 Å². The van der Waals surface area contributed by atoms with Crippen molar-refractivity contribution in [3.05, 3.63) is 21.9 Å². The summed E-state index contributed by atoms with van der Waals surface area (Å²) >= 11 is 2.04. The molecule has 0 radical (unpaired) electrons. The minimum atomic E-state index is 0.617. The van der Waals surface area contributed by atoms with Gasteiger partial charge in [0.25, 0.3) is 0 Å². The van der Waals surface area contributed by atoms with E-state index in [2.05, 4.69) is 24.4 Å². The molecule has 0 aromatic carbocycles. The van der Waals surface area contributed by atoms with Gasteiger partial charge in [-0.2, -0.15) is 0 Å². The zero-order valence-corrected chi connectivity index (χ0v) is 11.6. The first kappa shape index (κ1) is 11.7. The van der Waals surface area contributed by atoms with Gasteiger partial charge in [-0.05, 0) is 43.7 Å². The lowest BCUT2D eigenvalue weighted by molar-refractivity contribution is 0.0822. The van der Waals surface area contributed by atoms with Gasteiger partial charge in [0, 0.05) is 28.3 Å². The molecule has 1 aliphatic heterocycles. The van der Waals surface area contributed by atoms with Crippen LogP contribution in [0.1, 0.15) is 42.4 Å². The quantitative estimate of drug-likeness (QED) is 0.859. The van der Waals surface area contributed by atoms with Gasteiger partial charge in [-0.25, -0.2) is 0 Å². The van der Waals surface area contributed by atoms with Crippen molar-refractivity contribution >= 4 is 11.3 Å². The summed E-state index contributed by atoms with van der Waals surface area (Å²) in [6.07, 6.45) is 8.42. The molecule has 2 heteroatoms. The number of nitrogens with one attached hydrogen (secondary N) is 1. The molecule has 1 aliphatic carbocycles. The highest BCUT2D eigenvalue weighted by atomic mass is 32.1. The fourth-order valence-electron chi connectivity index (χ4n) is 3.60. The smallest absolute Gasteiger partial charge is 0.00547 e. The van der Waals surface area contributed by atoms with Crippen LogP contribution in [-0.4, -0.2) is 13.1 Å². The summed E-state index contributed by atoms with van der Waals surface area (Å²) in [5.41, 5.74) is 0.617. The Kier molecular flexibility index (Phi) is 3.27. The van der Waals surface area contributed by atoms with E-state index in [1.165, 1.54) is 51.6 Å². The summed E-state index contributed by atoms with van der Waals surface area (Å²) in [7, 11) is 0. The topological polar surface area (TPSA) is 12.0 Å². The minimum Gasteiger partial charge on any atom is -0.315 e. The average molecular weight is 249 g/mol. The Morgan fingerprint density at radius 2 is 1.94 bits per heavy atom. The summed E-state index contributed by atoms with van der Waals surface area (Å²) in [6.45, 7) is 4.78. The standard InChI is InChI=1S/C15H23NS/c1-2-13-7-8-14(17-13)9-15(10-16-11-15)12-5-3-4-6-12/h7-8,12,16H,2-6,9-11H2,1H3. The highest BCUT2D eigenvalue weighted by molar-refractivity contribution is 7.11. The monoisotopic (exact) mass is 249 g/mol. The Hall–Kier alpha value is -0.340. The molecular weight excluding hydrogens is 226 g/mol. The molecule has 1 aromatic rings. The predicted molar refractivity (Wildman–Crippen MR) is 74.7 cm³/mol. The molecule has 1 saturated carbocycles. The molecule has 0 spiro atoms. The van der Waals surface area contributed by atoms with E-state index < -0.39 is 0 Å². The fraction of sp³-hybridized carbons (Fsp3) is 0.733. The van der Waals surface area contributed by atoms with Crippen LogP contribution in [0.15, 0.2) is 12.1 Å². The van der Waals surface area contributed by atoms with Crippen molar-refractivity contribution in [3.8, 4) is 0 Å². The maximum atomic E-state index is 3.52. The number of thiophene rings is 1. The molecule has 1 N–H and O–H groups in total. The van der Waals surface area contributed by atoms with Crippen molar-refractivity contribution in [3.63, 3.8) is 0 Å². The molecular formula is C15H23NS. The first-order chi connectivity index (χ1) is 8.32. The highest BCUT2D eigenvalue weighted by Crippen LogP contribution is 2.45. The van der Waals surface area contributed by atoms with Gasteiger partial charge in [0.1, 0.15) is 0 Å². The molecule has 94 valence electrons. The second kappa shape index (κ2) is 4.74. The van der Waals surface area contributed by atoms with E-state index in [1.54, 1.807) is 9.75 Å². The fourth-order valence-corrected chi connectivity index (χ4v) is 4.71. The van der Waals surface area contributed by atoms with Gasteiger partial charge in [-0.15, -0.1) is 11.3 Å². The predicted octanol–water partition coefficient (Wildman–Crippen LogP) is 3.63. The van der Waals surface area contributed by atoms with E-state index in [-0.39, 0.29) is 0 Å². The highest BCUT2D eigenvalue weighted by Gasteiger charge is 2.44. The van der Waals surface area contributed by atoms with Crippen molar-refractivity contribution in [2.45, 2.75) is 45.4 Å². The second-order valence-electron chi connectivity index (χ2n) is 5.85. The van der Waals surface area contributed by atoms with E-state index in [1.807, 2.05) is 11.3 Å². The van der Waals surface area contributed by atoms with E-state index in [9.17, 15) is 0 Å². The second-order valence-corrected chi connectivity index (χ2v) is 7.10. The number of hydrogen-bond donors (Lipinski definition) is 1. The summed E-state index contributed by atoms with van der Waals surface area (Å²) in [4.78, 5) is 3.17. The molecule has 0 unspecified atom stereocenters. The molecule has 0 bridgehead atoms. The van der Waals surface area contributed by atoms with Crippen molar-refractivity contribution in [2.75, 3.05) is 13.1 Å². The zero-order valence-electron chi connectivity index (χ0n) is 10.8. The van der Waals surface area contributed by atoms with Gasteiger partial charge in [-0.1, -0.05) is 19.8 Å². The van der Waals surface area contributed by atoms with Crippen molar-refractivity contribution in [1.82, 2.24) is 5.32 Å². The molecule has 1 nitrogen and oxygen atoms in total. The van der Waals surface area contributed by atoms with Crippen LogP contribution in [0.5, 0.6) is 0 Å². The molecule has 17 heavy (non-hydrogen) atoms. The lowest BCUT2D eigenvalue weighted by Gasteiger charge is -2.47. The van der Waals surface area contributed by atoms with Gasteiger partial charge in [0.2, 0.25) is 0 Å².